The van der Waals surface area contributed by atoms with Crippen LogP contribution in [-0.4, -0.2) is 42.6 Å². The minimum Gasteiger partial charge on any atom is -0.497 e. The highest BCUT2D eigenvalue weighted by Crippen LogP contribution is 2.62. The third-order valence-corrected chi connectivity index (χ3v) is 9.55. The molecule has 3 aliphatic heterocycles. The van der Waals surface area contributed by atoms with Crippen molar-refractivity contribution in [2.75, 3.05) is 19.5 Å². The van der Waals surface area contributed by atoms with E-state index in [1.165, 1.54) is 0 Å². The summed E-state index contributed by atoms with van der Waals surface area (Å²) < 4.78 is 11.3. The van der Waals surface area contributed by atoms with Crippen LogP contribution in [0.5, 0.6) is 11.5 Å². The number of carbonyl (C=O) groups excluding carboxylic acids is 3. The number of hydrogen-bond acceptors (Lipinski definition) is 6. The molecule has 0 aliphatic carbocycles. The highest BCUT2D eigenvalue weighted by Gasteiger charge is 2.70. The summed E-state index contributed by atoms with van der Waals surface area (Å²) in [5.41, 5.74) is 2.59. The molecule has 0 saturated carbocycles. The van der Waals surface area contributed by atoms with Crippen molar-refractivity contribution in [2.45, 2.75) is 17.5 Å². The van der Waals surface area contributed by atoms with Crippen molar-refractivity contribution >= 4 is 45.2 Å². The molecule has 1 spiro atoms. The van der Waals surface area contributed by atoms with E-state index < -0.39 is 23.4 Å². The van der Waals surface area contributed by atoms with Crippen LogP contribution in [0.3, 0.4) is 0 Å². The predicted octanol–water partition coefficient (Wildman–Crippen LogP) is 6.45. The zero-order valence-corrected chi connectivity index (χ0v) is 25.0. The van der Waals surface area contributed by atoms with Crippen LogP contribution in [0, 0.1) is 5.92 Å². The zero-order valence-electron chi connectivity index (χ0n) is 23.4. The average molecular weight is 636 g/mol. The molecule has 7 nitrogen and oxygen atoms in total. The first-order chi connectivity index (χ1) is 20.9. The normalized spacial score (nSPS) is 22.9. The van der Waals surface area contributed by atoms with E-state index in [0.29, 0.717) is 38.3 Å². The molecule has 4 aromatic rings. The first-order valence-electron chi connectivity index (χ1n) is 13.9. The van der Waals surface area contributed by atoms with Crippen LogP contribution in [0.15, 0.2) is 102 Å². The van der Waals surface area contributed by atoms with Gasteiger partial charge < -0.3 is 19.7 Å². The summed E-state index contributed by atoms with van der Waals surface area (Å²) >= 11 is 3.51. The molecule has 3 aliphatic rings. The van der Waals surface area contributed by atoms with Gasteiger partial charge in [0.05, 0.1) is 30.7 Å². The number of para-hydroxylation sites is 1. The minimum absolute atomic E-state index is 0.265. The molecule has 4 atom stereocenters. The van der Waals surface area contributed by atoms with Crippen LogP contribution in [0.2, 0.25) is 0 Å². The molecule has 3 heterocycles. The Morgan fingerprint density at radius 3 is 2.33 bits per heavy atom. The summed E-state index contributed by atoms with van der Waals surface area (Å²) in [7, 11) is 3.12. The van der Waals surface area contributed by atoms with Gasteiger partial charge in [0.15, 0.2) is 11.6 Å². The molecule has 1 fully saturated rings. The summed E-state index contributed by atoms with van der Waals surface area (Å²) in [4.78, 5) is 46.1. The molecule has 1 N–H and O–H groups in total. The van der Waals surface area contributed by atoms with E-state index in [2.05, 4.69) is 21.2 Å². The molecule has 1 saturated heterocycles. The molecular formula is C35H27BrN2O5. The first-order valence-corrected chi connectivity index (χ1v) is 14.7. The van der Waals surface area contributed by atoms with Crippen molar-refractivity contribution in [3.63, 3.8) is 0 Å². The number of ketones is 2. The van der Waals surface area contributed by atoms with Gasteiger partial charge in [-0.15, -0.1) is 0 Å². The quantitative estimate of drug-likeness (QED) is 0.246. The van der Waals surface area contributed by atoms with Gasteiger partial charge in [0, 0.05) is 23.0 Å². The molecule has 0 unspecified atom stereocenters. The van der Waals surface area contributed by atoms with E-state index in [-0.39, 0.29) is 17.5 Å². The smallest absolute Gasteiger partial charge is 0.238 e. The Hall–Kier alpha value is -4.69. The monoisotopic (exact) mass is 634 g/mol. The Labute approximate surface area is 257 Å². The number of rotatable bonds is 6. The Bertz CT molecular complexity index is 1830. The highest BCUT2D eigenvalue weighted by molar-refractivity contribution is 9.10. The zero-order chi connectivity index (χ0) is 29.9. The van der Waals surface area contributed by atoms with Gasteiger partial charge >= 0.3 is 0 Å². The number of methoxy groups -OCH3 is 2. The van der Waals surface area contributed by atoms with Crippen molar-refractivity contribution in [3.05, 3.63) is 129 Å². The lowest BCUT2D eigenvalue weighted by Gasteiger charge is -2.38. The predicted molar refractivity (Wildman–Crippen MR) is 166 cm³/mol. The summed E-state index contributed by atoms with van der Waals surface area (Å²) in [6.45, 7) is 0. The maximum absolute atomic E-state index is 14.9. The van der Waals surface area contributed by atoms with Crippen molar-refractivity contribution in [2.24, 2.45) is 5.92 Å². The number of ether oxygens (including phenoxy) is 2. The number of amides is 1. The lowest BCUT2D eigenvalue weighted by molar-refractivity contribution is -0.122. The van der Waals surface area contributed by atoms with Gasteiger partial charge in [-0.1, -0.05) is 42.5 Å². The summed E-state index contributed by atoms with van der Waals surface area (Å²) in [5, 5.41) is 3.07. The number of benzene rings is 4. The number of nitrogens with zero attached hydrogens (tertiary/aromatic N) is 1. The number of carbonyl (C=O) groups is 3. The van der Waals surface area contributed by atoms with E-state index in [9.17, 15) is 14.4 Å². The van der Waals surface area contributed by atoms with Crippen LogP contribution < -0.4 is 14.8 Å². The fourth-order valence-corrected chi connectivity index (χ4v) is 7.63. The maximum atomic E-state index is 14.9. The lowest BCUT2D eigenvalue weighted by atomic mass is 9.62. The molecule has 1 amide bonds. The molecule has 0 aromatic heterocycles. The van der Waals surface area contributed by atoms with E-state index in [0.717, 1.165) is 11.1 Å². The lowest BCUT2D eigenvalue weighted by Crippen LogP contribution is -2.49. The first kappa shape index (κ1) is 27.2. The van der Waals surface area contributed by atoms with Gasteiger partial charge in [-0.05, 0) is 87.2 Å². The van der Waals surface area contributed by atoms with Crippen molar-refractivity contribution in [1.29, 1.82) is 0 Å². The third kappa shape index (κ3) is 3.89. The van der Waals surface area contributed by atoms with E-state index in [4.69, 9.17) is 9.47 Å². The van der Waals surface area contributed by atoms with Gasteiger partial charge in [-0.2, -0.15) is 0 Å². The molecular weight excluding hydrogens is 608 g/mol. The van der Waals surface area contributed by atoms with Gasteiger partial charge in [0.1, 0.15) is 23.0 Å². The van der Waals surface area contributed by atoms with E-state index in [1.807, 2.05) is 65.7 Å². The minimum atomic E-state index is -1.39. The number of hydrogen-bond donors (Lipinski definition) is 1. The number of Topliss-reactive ketones (excluding diaryl/α,β-unsaturated/α-hetero) is 2. The topological polar surface area (TPSA) is 84.9 Å². The second-order valence-electron chi connectivity index (χ2n) is 10.9. The number of anilines is 1. The van der Waals surface area contributed by atoms with Crippen LogP contribution in [-0.2, 0) is 10.2 Å². The third-order valence-electron chi connectivity index (χ3n) is 8.93. The molecule has 8 heteroatoms. The Morgan fingerprint density at radius 1 is 0.860 bits per heavy atom. The summed E-state index contributed by atoms with van der Waals surface area (Å²) in [6.07, 6.45) is 3.81. The Balaban J connectivity index is 1.51. The molecule has 214 valence electrons. The van der Waals surface area contributed by atoms with Crippen LogP contribution >= 0.6 is 15.9 Å². The molecule has 0 radical (unpaired) electrons. The highest BCUT2D eigenvalue weighted by atomic mass is 79.9. The summed E-state index contributed by atoms with van der Waals surface area (Å²) in [5.74, 6) is -0.727. The number of nitrogens with one attached hydrogen (secondary N) is 1. The second kappa shape index (κ2) is 10.2. The fourth-order valence-electron chi connectivity index (χ4n) is 7.09. The van der Waals surface area contributed by atoms with Crippen LogP contribution in [0.25, 0.3) is 6.08 Å². The molecule has 7 rings (SSSR count). The van der Waals surface area contributed by atoms with Crippen molar-refractivity contribution in [1.82, 2.24) is 4.90 Å². The van der Waals surface area contributed by atoms with Crippen molar-refractivity contribution in [3.8, 4) is 11.5 Å². The number of halogens is 1. The van der Waals surface area contributed by atoms with Crippen LogP contribution in [0.1, 0.15) is 43.4 Å². The standard InChI is InChI=1S/C35H27BrN2O5/c1-42-23-14-11-21(12-15-23)31(39)29-30(32(40)22-13-16-28(43-2)26(36)19-22)38-18-17-20-7-3-4-8-24(20)33(38)35(29)25-9-5-6-10-27(25)37-34(35)41/h3-19,29-30,33H,1-2H3,(H,37,41)/t29-,30+,33-,35-/m1/s1. The van der Waals surface area contributed by atoms with Crippen molar-refractivity contribution < 1.29 is 23.9 Å². The SMILES string of the molecule is COc1ccc(C(=O)[C@H]2[C@@H](C(=O)c3ccc(OC)c(Br)c3)N3C=Cc4ccccc4[C@@H]3[C@]23C(=O)Nc2ccccc23)cc1. The van der Waals surface area contributed by atoms with Gasteiger partial charge in [0.2, 0.25) is 5.91 Å². The van der Waals surface area contributed by atoms with Gasteiger partial charge in [0.25, 0.3) is 0 Å². The average Bonchev–Trinajstić information content (AvgIpc) is 3.52. The number of fused-ring (bicyclic) bond motifs is 6. The largest absolute Gasteiger partial charge is 0.497 e. The Kier molecular flexibility index (Phi) is 6.47. The second-order valence-corrected chi connectivity index (χ2v) is 11.7. The van der Waals surface area contributed by atoms with Gasteiger partial charge in [-0.3, -0.25) is 14.4 Å². The summed E-state index contributed by atoms with van der Waals surface area (Å²) in [6, 6.07) is 25.7. The van der Waals surface area contributed by atoms with E-state index in [1.54, 1.807) is 56.7 Å². The van der Waals surface area contributed by atoms with Gasteiger partial charge in [-0.25, -0.2) is 0 Å². The molecule has 4 aromatic carbocycles. The van der Waals surface area contributed by atoms with Crippen LogP contribution in [0.4, 0.5) is 5.69 Å². The molecule has 0 bridgehead atoms. The maximum Gasteiger partial charge on any atom is 0.238 e. The Morgan fingerprint density at radius 2 is 1.58 bits per heavy atom. The fraction of sp³-hybridized carbons (Fsp3) is 0.171. The van der Waals surface area contributed by atoms with E-state index >= 15 is 0 Å². The molecule has 43 heavy (non-hydrogen) atoms.